The molecule has 4 aromatic rings. The molecule has 0 spiro atoms. The Labute approximate surface area is 157 Å². The average Bonchev–Trinajstić information content (AvgIpc) is 3.00. The Morgan fingerprint density at radius 2 is 1.26 bits per heavy atom. The van der Waals surface area contributed by atoms with Crippen LogP contribution in [0.25, 0.3) is 33.3 Å². The summed E-state index contributed by atoms with van der Waals surface area (Å²) in [7, 11) is 4.06. The van der Waals surface area contributed by atoms with Crippen LogP contribution < -0.4 is 4.57 Å². The molecule has 0 aliphatic heterocycles. The second kappa shape index (κ2) is 6.65. The minimum absolute atomic E-state index is 0.655. The van der Waals surface area contributed by atoms with E-state index in [0.717, 1.165) is 45.9 Å². The predicted octanol–water partition coefficient (Wildman–Crippen LogP) is 3.96. The lowest BCUT2D eigenvalue weighted by Crippen LogP contribution is -2.25. The molecule has 0 atom stereocenters. The van der Waals surface area contributed by atoms with E-state index in [2.05, 4.69) is 21.3 Å². The van der Waals surface area contributed by atoms with Gasteiger partial charge in [-0.2, -0.15) is 0 Å². The van der Waals surface area contributed by atoms with Crippen LogP contribution in [0.5, 0.6) is 0 Å². The molecule has 0 radical (unpaired) electrons. The molecule has 0 N–H and O–H groups in total. The molecule has 4 heteroatoms. The summed E-state index contributed by atoms with van der Waals surface area (Å²) in [6.07, 6.45) is 3.75. The van der Waals surface area contributed by atoms with E-state index in [9.17, 15) is 9.59 Å². The van der Waals surface area contributed by atoms with Crippen molar-refractivity contribution in [1.82, 2.24) is 4.57 Å². The molecule has 0 amide bonds. The normalized spacial score (nSPS) is 10.9. The molecule has 0 aliphatic rings. The van der Waals surface area contributed by atoms with E-state index in [1.807, 2.05) is 69.0 Å². The van der Waals surface area contributed by atoms with Crippen molar-refractivity contribution in [3.05, 3.63) is 78.1 Å². The Morgan fingerprint density at radius 3 is 1.74 bits per heavy atom. The zero-order valence-corrected chi connectivity index (χ0v) is 15.2. The fourth-order valence-electron chi connectivity index (χ4n) is 3.49. The third-order valence-electron chi connectivity index (χ3n) is 4.94. The van der Waals surface area contributed by atoms with E-state index < -0.39 is 0 Å². The molecule has 1 heterocycles. The third kappa shape index (κ3) is 2.95. The van der Waals surface area contributed by atoms with Gasteiger partial charge in [-0.05, 0) is 34.4 Å². The van der Waals surface area contributed by atoms with Crippen LogP contribution in [-0.4, -0.2) is 17.1 Å². The maximum absolute atomic E-state index is 11.0. The fourth-order valence-corrected chi connectivity index (χ4v) is 3.49. The maximum Gasteiger partial charge on any atom is 0.244 e. The van der Waals surface area contributed by atoms with E-state index in [4.69, 9.17) is 0 Å². The van der Waals surface area contributed by atoms with Crippen molar-refractivity contribution < 1.29 is 14.2 Å². The summed E-state index contributed by atoms with van der Waals surface area (Å²) in [6, 6.07) is 19.5. The molecule has 0 fully saturated rings. The van der Waals surface area contributed by atoms with Crippen molar-refractivity contribution in [2.24, 2.45) is 14.1 Å². The first-order valence-corrected chi connectivity index (χ1v) is 8.70. The summed E-state index contributed by atoms with van der Waals surface area (Å²) in [5.41, 5.74) is 7.81. The first-order chi connectivity index (χ1) is 13.1. The first kappa shape index (κ1) is 16.9. The van der Waals surface area contributed by atoms with Crippen molar-refractivity contribution in [3.63, 3.8) is 0 Å². The van der Waals surface area contributed by atoms with Gasteiger partial charge < -0.3 is 0 Å². The van der Waals surface area contributed by atoms with Crippen LogP contribution in [0, 0.1) is 0 Å². The number of carbonyl (C=O) groups excluding carboxylic acids is 2. The highest BCUT2D eigenvalue weighted by Crippen LogP contribution is 2.35. The third-order valence-corrected chi connectivity index (χ3v) is 4.94. The molecule has 0 unspecified atom stereocenters. The molecule has 4 rings (SSSR count). The molecule has 27 heavy (non-hydrogen) atoms. The van der Waals surface area contributed by atoms with Crippen LogP contribution in [-0.2, 0) is 14.1 Å². The SMILES string of the molecule is Cn1c[n+](C)c2cc(-c3ccc(C=O)cc3)c(-c3ccc(C=O)cc3)cc21. The van der Waals surface area contributed by atoms with E-state index in [1.54, 1.807) is 0 Å². The number of aldehydes is 2. The van der Waals surface area contributed by atoms with Gasteiger partial charge in [0.25, 0.3) is 0 Å². The van der Waals surface area contributed by atoms with Crippen molar-refractivity contribution in [3.8, 4) is 22.3 Å². The maximum atomic E-state index is 11.0. The number of aryl methyl sites for hydroxylation is 2. The van der Waals surface area contributed by atoms with Crippen molar-refractivity contribution in [2.75, 3.05) is 0 Å². The number of imidazole rings is 1. The molecule has 132 valence electrons. The highest BCUT2D eigenvalue weighted by Gasteiger charge is 2.17. The van der Waals surface area contributed by atoms with Crippen LogP contribution in [0.3, 0.4) is 0 Å². The number of fused-ring (bicyclic) bond motifs is 1. The highest BCUT2D eigenvalue weighted by molar-refractivity contribution is 5.93. The number of hydrogen-bond acceptors (Lipinski definition) is 2. The van der Waals surface area contributed by atoms with Crippen molar-refractivity contribution in [2.45, 2.75) is 0 Å². The fraction of sp³-hybridized carbons (Fsp3) is 0.0870. The van der Waals surface area contributed by atoms with Gasteiger partial charge in [0.1, 0.15) is 12.6 Å². The standard InChI is InChI=1S/C23H19N2O2/c1-24-15-25(2)23-12-21(19-9-5-17(14-27)6-10-19)20(11-22(23)24)18-7-3-16(13-26)4-8-18/h3-15H,1-2H3/q+1. The highest BCUT2D eigenvalue weighted by atomic mass is 16.1. The lowest BCUT2D eigenvalue weighted by Gasteiger charge is -2.11. The molecule has 4 nitrogen and oxygen atoms in total. The number of benzene rings is 3. The van der Waals surface area contributed by atoms with E-state index in [1.165, 1.54) is 0 Å². The monoisotopic (exact) mass is 355 g/mol. The second-order valence-electron chi connectivity index (χ2n) is 6.70. The molecular weight excluding hydrogens is 336 g/mol. The van der Waals surface area contributed by atoms with Crippen LogP contribution in [0.2, 0.25) is 0 Å². The molecule has 3 aromatic carbocycles. The minimum atomic E-state index is 0.655. The molecule has 1 aromatic heterocycles. The van der Waals surface area contributed by atoms with Crippen LogP contribution in [0.15, 0.2) is 67.0 Å². The smallest absolute Gasteiger partial charge is 0.244 e. The van der Waals surface area contributed by atoms with Crippen molar-refractivity contribution in [1.29, 1.82) is 0 Å². The average molecular weight is 355 g/mol. The van der Waals surface area contributed by atoms with Crippen LogP contribution >= 0.6 is 0 Å². The Kier molecular flexibility index (Phi) is 4.16. The molecule has 0 saturated carbocycles. The molecule has 0 saturated heterocycles. The zero-order chi connectivity index (χ0) is 19.0. The predicted molar refractivity (Wildman–Crippen MR) is 106 cm³/mol. The summed E-state index contributed by atoms with van der Waals surface area (Å²) < 4.78 is 4.19. The number of carbonyl (C=O) groups is 2. The number of rotatable bonds is 4. The summed E-state index contributed by atoms with van der Waals surface area (Å²) in [5.74, 6) is 0. The van der Waals surface area contributed by atoms with Gasteiger partial charge >= 0.3 is 0 Å². The zero-order valence-electron chi connectivity index (χ0n) is 15.2. The van der Waals surface area contributed by atoms with Gasteiger partial charge in [0.2, 0.25) is 6.33 Å². The van der Waals surface area contributed by atoms with E-state index in [0.29, 0.717) is 11.1 Å². The first-order valence-electron chi connectivity index (χ1n) is 8.70. The van der Waals surface area contributed by atoms with E-state index >= 15 is 0 Å². The summed E-state index contributed by atoms with van der Waals surface area (Å²) in [6.45, 7) is 0. The lowest BCUT2D eigenvalue weighted by molar-refractivity contribution is -0.645. The minimum Gasteiger partial charge on any atom is -0.298 e. The van der Waals surface area contributed by atoms with Gasteiger partial charge in [0.05, 0.1) is 14.1 Å². The quantitative estimate of drug-likeness (QED) is 0.411. The molecule has 0 bridgehead atoms. The number of nitrogens with zero attached hydrogens (tertiary/aromatic N) is 2. The second-order valence-corrected chi connectivity index (χ2v) is 6.70. The van der Waals surface area contributed by atoms with Crippen LogP contribution in [0.1, 0.15) is 20.7 Å². The molecular formula is C23H19N2O2+. The lowest BCUT2D eigenvalue weighted by atomic mass is 9.93. The van der Waals surface area contributed by atoms with E-state index in [-0.39, 0.29) is 0 Å². The van der Waals surface area contributed by atoms with Gasteiger partial charge in [-0.1, -0.05) is 48.5 Å². The summed E-state index contributed by atoms with van der Waals surface area (Å²) in [5, 5.41) is 0. The van der Waals surface area contributed by atoms with Gasteiger partial charge in [0.15, 0.2) is 11.0 Å². The largest absolute Gasteiger partial charge is 0.298 e. The number of aromatic nitrogens is 2. The van der Waals surface area contributed by atoms with Gasteiger partial charge in [-0.25, -0.2) is 9.13 Å². The van der Waals surface area contributed by atoms with Crippen LogP contribution in [0.4, 0.5) is 0 Å². The summed E-state index contributed by atoms with van der Waals surface area (Å²) >= 11 is 0. The Balaban J connectivity index is 1.99. The van der Waals surface area contributed by atoms with Gasteiger partial charge in [-0.15, -0.1) is 0 Å². The topological polar surface area (TPSA) is 43.0 Å². The van der Waals surface area contributed by atoms with Gasteiger partial charge in [0, 0.05) is 11.1 Å². The van der Waals surface area contributed by atoms with Crippen molar-refractivity contribution >= 4 is 23.6 Å². The Morgan fingerprint density at radius 1 is 0.778 bits per heavy atom. The number of hydrogen-bond donors (Lipinski definition) is 0. The van der Waals surface area contributed by atoms with Gasteiger partial charge in [-0.3, -0.25) is 9.59 Å². The Hall–Kier alpha value is -3.53. The Bertz CT molecular complexity index is 1060. The molecule has 0 aliphatic carbocycles. The summed E-state index contributed by atoms with van der Waals surface area (Å²) in [4.78, 5) is 22.0.